The molecule has 0 aliphatic rings. The maximum atomic E-state index is 13.4. The fourth-order valence-corrected chi connectivity index (χ4v) is 1.55. The van der Waals surface area contributed by atoms with E-state index in [2.05, 4.69) is 5.32 Å². The lowest BCUT2D eigenvalue weighted by Gasteiger charge is -2.10. The highest BCUT2D eigenvalue weighted by Gasteiger charge is 2.13. The van der Waals surface area contributed by atoms with Crippen molar-refractivity contribution in [1.82, 2.24) is 0 Å². The second-order valence-corrected chi connectivity index (χ2v) is 3.80. The predicted molar refractivity (Wildman–Crippen MR) is 64.9 cm³/mol. The predicted octanol–water partition coefficient (Wildman–Crippen LogP) is 1.59. The van der Waals surface area contributed by atoms with Gasteiger partial charge < -0.3 is 16.2 Å². The monoisotopic (exact) mass is 254 g/mol. The van der Waals surface area contributed by atoms with Crippen molar-refractivity contribution >= 4 is 17.6 Å². The summed E-state index contributed by atoms with van der Waals surface area (Å²) in [5, 5.41) is 11.3. The van der Waals surface area contributed by atoms with Crippen molar-refractivity contribution in [2.75, 3.05) is 11.9 Å². The number of carboxylic acid groups (broad SMARTS) is 1. The van der Waals surface area contributed by atoms with E-state index < -0.39 is 17.7 Å². The zero-order valence-corrected chi connectivity index (χ0v) is 9.78. The van der Waals surface area contributed by atoms with Gasteiger partial charge in [0.05, 0.1) is 5.56 Å². The molecule has 1 rings (SSSR count). The molecule has 18 heavy (non-hydrogen) atoms. The smallest absolute Gasteiger partial charge is 0.303 e. The van der Waals surface area contributed by atoms with Crippen LogP contribution in [0.4, 0.5) is 10.1 Å². The highest BCUT2D eigenvalue weighted by atomic mass is 19.1. The van der Waals surface area contributed by atoms with Gasteiger partial charge in [0.15, 0.2) is 0 Å². The molecule has 0 aliphatic carbocycles. The Bertz CT molecular complexity index is 449. The molecule has 0 radical (unpaired) electrons. The number of nitrogens with one attached hydrogen (secondary N) is 1. The van der Waals surface area contributed by atoms with E-state index in [0.29, 0.717) is 25.1 Å². The Labute approximate surface area is 104 Å². The first-order valence-electron chi connectivity index (χ1n) is 5.56. The number of hydrogen-bond acceptors (Lipinski definition) is 3. The third kappa shape index (κ3) is 4.04. The van der Waals surface area contributed by atoms with E-state index in [4.69, 9.17) is 10.8 Å². The molecular formula is C12H15FN2O3. The van der Waals surface area contributed by atoms with E-state index in [1.54, 1.807) is 6.07 Å². The SMILES string of the molecule is NC(=O)c1c(F)cccc1NCCCCC(=O)O. The number of anilines is 1. The first kappa shape index (κ1) is 14.0. The zero-order chi connectivity index (χ0) is 13.5. The average molecular weight is 254 g/mol. The quantitative estimate of drug-likeness (QED) is 0.644. The highest BCUT2D eigenvalue weighted by molar-refractivity contribution is 5.98. The van der Waals surface area contributed by atoms with E-state index in [0.717, 1.165) is 6.07 Å². The van der Waals surface area contributed by atoms with Crippen LogP contribution < -0.4 is 11.1 Å². The lowest BCUT2D eigenvalue weighted by molar-refractivity contribution is -0.137. The van der Waals surface area contributed by atoms with Crippen molar-refractivity contribution in [2.45, 2.75) is 19.3 Å². The van der Waals surface area contributed by atoms with E-state index in [1.807, 2.05) is 0 Å². The highest BCUT2D eigenvalue weighted by Crippen LogP contribution is 2.18. The number of rotatable bonds is 7. The molecule has 5 nitrogen and oxygen atoms in total. The van der Waals surface area contributed by atoms with Gasteiger partial charge in [-0.15, -0.1) is 0 Å². The molecule has 4 N–H and O–H groups in total. The molecule has 0 unspecified atom stereocenters. The van der Waals surface area contributed by atoms with E-state index in [1.165, 1.54) is 6.07 Å². The third-order valence-electron chi connectivity index (χ3n) is 2.39. The topological polar surface area (TPSA) is 92.4 Å². The van der Waals surface area contributed by atoms with Gasteiger partial charge in [-0.3, -0.25) is 9.59 Å². The maximum Gasteiger partial charge on any atom is 0.303 e. The molecule has 98 valence electrons. The molecule has 0 saturated heterocycles. The largest absolute Gasteiger partial charge is 0.481 e. The van der Waals surface area contributed by atoms with Gasteiger partial charge in [-0.2, -0.15) is 0 Å². The number of nitrogens with two attached hydrogens (primary N) is 1. The van der Waals surface area contributed by atoms with Crippen LogP contribution in [0, 0.1) is 5.82 Å². The second-order valence-electron chi connectivity index (χ2n) is 3.80. The van der Waals surface area contributed by atoms with Crippen molar-refractivity contribution < 1.29 is 19.1 Å². The summed E-state index contributed by atoms with van der Waals surface area (Å²) < 4.78 is 13.4. The third-order valence-corrected chi connectivity index (χ3v) is 2.39. The van der Waals surface area contributed by atoms with Gasteiger partial charge in [0.2, 0.25) is 0 Å². The Morgan fingerprint density at radius 1 is 1.33 bits per heavy atom. The van der Waals surface area contributed by atoms with Gasteiger partial charge in [0.25, 0.3) is 5.91 Å². The molecule has 1 aromatic rings. The van der Waals surface area contributed by atoms with Crippen LogP contribution in [0.15, 0.2) is 18.2 Å². The standard InChI is InChI=1S/C12H15FN2O3/c13-8-4-3-5-9(11(8)12(14)18)15-7-2-1-6-10(16)17/h3-5,15H,1-2,6-7H2,(H2,14,18)(H,16,17). The summed E-state index contributed by atoms with van der Waals surface area (Å²) in [6.07, 6.45) is 1.22. The molecule has 0 aliphatic heterocycles. The van der Waals surface area contributed by atoms with Crippen molar-refractivity contribution in [3.63, 3.8) is 0 Å². The van der Waals surface area contributed by atoms with Gasteiger partial charge in [-0.05, 0) is 25.0 Å². The minimum atomic E-state index is -0.849. The molecule has 0 spiro atoms. The van der Waals surface area contributed by atoms with Gasteiger partial charge in [0.1, 0.15) is 5.82 Å². The minimum Gasteiger partial charge on any atom is -0.481 e. The number of carbonyl (C=O) groups excluding carboxylic acids is 1. The Hall–Kier alpha value is -2.11. The summed E-state index contributed by atoms with van der Waals surface area (Å²) in [7, 11) is 0. The molecule has 1 amide bonds. The molecule has 0 atom stereocenters. The van der Waals surface area contributed by atoms with Crippen LogP contribution in [0.3, 0.4) is 0 Å². The first-order chi connectivity index (χ1) is 8.52. The number of aliphatic carboxylic acids is 1. The van der Waals surface area contributed by atoms with Gasteiger partial charge in [-0.1, -0.05) is 6.07 Å². The first-order valence-corrected chi connectivity index (χ1v) is 5.56. The number of benzene rings is 1. The van der Waals surface area contributed by atoms with Crippen LogP contribution in [0.1, 0.15) is 29.6 Å². The number of hydrogen-bond donors (Lipinski definition) is 3. The van der Waals surface area contributed by atoms with E-state index in [-0.39, 0.29) is 12.0 Å². The van der Waals surface area contributed by atoms with Crippen LogP contribution in [-0.4, -0.2) is 23.5 Å². The zero-order valence-electron chi connectivity index (χ0n) is 9.78. The lowest BCUT2D eigenvalue weighted by atomic mass is 10.1. The number of unbranched alkanes of at least 4 members (excludes halogenated alkanes) is 1. The molecule has 0 fully saturated rings. The average Bonchev–Trinajstić information content (AvgIpc) is 2.27. The Morgan fingerprint density at radius 2 is 2.06 bits per heavy atom. The Balaban J connectivity index is 2.54. The molecule has 6 heteroatoms. The number of carboxylic acids is 1. The molecular weight excluding hydrogens is 239 g/mol. The minimum absolute atomic E-state index is 0.0908. The normalized spacial score (nSPS) is 10.1. The van der Waals surface area contributed by atoms with Crippen molar-refractivity contribution in [2.24, 2.45) is 5.73 Å². The van der Waals surface area contributed by atoms with Crippen LogP contribution >= 0.6 is 0 Å². The molecule has 0 bridgehead atoms. The Kier molecular flexibility index (Phi) is 5.10. The number of halogens is 1. The summed E-state index contributed by atoms with van der Waals surface area (Å²) in [5.41, 5.74) is 5.25. The number of carbonyl (C=O) groups is 2. The molecule has 1 aromatic carbocycles. The fourth-order valence-electron chi connectivity index (χ4n) is 1.55. The molecule has 0 aromatic heterocycles. The van der Waals surface area contributed by atoms with Crippen molar-refractivity contribution in [1.29, 1.82) is 0 Å². The summed E-state index contributed by atoms with van der Waals surface area (Å²) >= 11 is 0. The molecule has 0 heterocycles. The number of primary amides is 1. The van der Waals surface area contributed by atoms with Crippen LogP contribution in [-0.2, 0) is 4.79 Å². The summed E-state index contributed by atoms with van der Waals surface area (Å²) in [6, 6.07) is 4.19. The van der Waals surface area contributed by atoms with Crippen LogP contribution in [0.25, 0.3) is 0 Å². The van der Waals surface area contributed by atoms with Crippen molar-refractivity contribution in [3.8, 4) is 0 Å². The second kappa shape index (κ2) is 6.58. The summed E-state index contributed by atoms with van der Waals surface area (Å²) in [6.45, 7) is 0.455. The summed E-state index contributed by atoms with van der Waals surface area (Å²) in [4.78, 5) is 21.4. The fraction of sp³-hybridized carbons (Fsp3) is 0.333. The van der Waals surface area contributed by atoms with E-state index >= 15 is 0 Å². The maximum absolute atomic E-state index is 13.4. The number of amides is 1. The van der Waals surface area contributed by atoms with Crippen LogP contribution in [0.2, 0.25) is 0 Å². The van der Waals surface area contributed by atoms with Crippen LogP contribution in [0.5, 0.6) is 0 Å². The Morgan fingerprint density at radius 3 is 2.67 bits per heavy atom. The van der Waals surface area contributed by atoms with Gasteiger partial charge in [-0.25, -0.2) is 4.39 Å². The molecule has 0 saturated carbocycles. The van der Waals surface area contributed by atoms with Gasteiger partial charge >= 0.3 is 5.97 Å². The van der Waals surface area contributed by atoms with Gasteiger partial charge in [0, 0.05) is 18.7 Å². The van der Waals surface area contributed by atoms with E-state index in [9.17, 15) is 14.0 Å². The summed E-state index contributed by atoms with van der Waals surface area (Å²) in [5.74, 6) is -2.35. The van der Waals surface area contributed by atoms with Crippen molar-refractivity contribution in [3.05, 3.63) is 29.6 Å². The lowest BCUT2D eigenvalue weighted by Crippen LogP contribution is -2.17.